The largest absolute Gasteiger partial charge is 0.478 e. The fourth-order valence-corrected chi connectivity index (χ4v) is 5.30. The Hall–Kier alpha value is -4.75. The molecule has 0 saturated carbocycles. The molecule has 0 aliphatic rings. The zero-order chi connectivity index (χ0) is 26.1. The van der Waals surface area contributed by atoms with Gasteiger partial charge in [0.2, 0.25) is 0 Å². The molecule has 6 rings (SSSR count). The van der Waals surface area contributed by atoms with Crippen LogP contribution < -0.4 is 5.32 Å². The number of amides is 1. The van der Waals surface area contributed by atoms with Crippen LogP contribution in [0.4, 0.5) is 0 Å². The van der Waals surface area contributed by atoms with Gasteiger partial charge in [0.15, 0.2) is 0 Å². The minimum absolute atomic E-state index is 0.194. The molecule has 0 unspecified atom stereocenters. The number of benzene rings is 3. The van der Waals surface area contributed by atoms with Gasteiger partial charge in [0.25, 0.3) is 5.91 Å². The van der Waals surface area contributed by atoms with Crippen molar-refractivity contribution >= 4 is 39.7 Å². The summed E-state index contributed by atoms with van der Waals surface area (Å²) in [6.45, 7) is 0.288. The molecule has 0 aliphatic carbocycles. The van der Waals surface area contributed by atoms with E-state index in [0.717, 1.165) is 27.8 Å². The van der Waals surface area contributed by atoms with E-state index in [2.05, 4.69) is 46.1 Å². The van der Waals surface area contributed by atoms with Crippen LogP contribution in [0.3, 0.4) is 0 Å². The number of hydrogen-bond acceptors (Lipinski definition) is 4. The molecule has 38 heavy (non-hydrogen) atoms. The van der Waals surface area contributed by atoms with Gasteiger partial charge in [-0.25, -0.2) is 9.17 Å². The number of aromatic carboxylic acids is 1. The smallest absolute Gasteiger partial charge is 0.335 e. The van der Waals surface area contributed by atoms with E-state index in [1.807, 2.05) is 40.4 Å². The van der Waals surface area contributed by atoms with Gasteiger partial charge in [0.05, 0.1) is 16.6 Å². The number of carbonyl (C=O) groups excluding carboxylic acids is 1. The highest BCUT2D eigenvalue weighted by Crippen LogP contribution is 2.28. The standard InChI is InChI=1S/C31H23N3O3S/c35-30(32-16-20-5-9-23(10-6-20)31(36)37)28-15-26(27-17-33-38-19-27)18-34-12-11-25(29(28)34)14-21-7-8-22-3-1-2-4-24(22)13-21/h1-13,15,17-19H,14,16H2,(H,32,35)(H,36,37). The third-order valence-corrected chi connectivity index (χ3v) is 7.29. The second-order valence-electron chi connectivity index (χ2n) is 9.20. The monoisotopic (exact) mass is 517 g/mol. The predicted octanol–water partition coefficient (Wildman–Crippen LogP) is 6.44. The van der Waals surface area contributed by atoms with Crippen molar-refractivity contribution in [1.82, 2.24) is 14.1 Å². The van der Waals surface area contributed by atoms with Crippen LogP contribution in [0, 0.1) is 0 Å². The third kappa shape index (κ3) is 4.67. The van der Waals surface area contributed by atoms with Crippen molar-refractivity contribution in [2.45, 2.75) is 13.0 Å². The lowest BCUT2D eigenvalue weighted by atomic mass is 9.99. The molecule has 1 amide bonds. The van der Waals surface area contributed by atoms with Crippen molar-refractivity contribution in [3.05, 3.63) is 131 Å². The van der Waals surface area contributed by atoms with Gasteiger partial charge in [0.1, 0.15) is 0 Å². The zero-order valence-electron chi connectivity index (χ0n) is 20.3. The first kappa shape index (κ1) is 23.6. The highest BCUT2D eigenvalue weighted by Gasteiger charge is 2.17. The Bertz CT molecular complexity index is 1790. The molecule has 7 heteroatoms. The van der Waals surface area contributed by atoms with Crippen LogP contribution in [0.25, 0.3) is 27.4 Å². The quantitative estimate of drug-likeness (QED) is 0.255. The summed E-state index contributed by atoms with van der Waals surface area (Å²) in [5.41, 5.74) is 6.59. The van der Waals surface area contributed by atoms with Crippen molar-refractivity contribution in [3.8, 4) is 11.1 Å². The number of aromatic nitrogens is 2. The van der Waals surface area contributed by atoms with Crippen molar-refractivity contribution in [1.29, 1.82) is 0 Å². The van der Waals surface area contributed by atoms with Crippen LogP contribution in [0.2, 0.25) is 0 Å². The van der Waals surface area contributed by atoms with Crippen molar-refractivity contribution < 1.29 is 14.7 Å². The fourth-order valence-electron chi connectivity index (χ4n) is 4.75. The second-order valence-corrected chi connectivity index (χ2v) is 9.85. The number of nitrogens with one attached hydrogen (secondary N) is 1. The lowest BCUT2D eigenvalue weighted by Gasteiger charge is -2.12. The number of rotatable bonds is 7. The summed E-state index contributed by atoms with van der Waals surface area (Å²) in [6, 6.07) is 25.3. The summed E-state index contributed by atoms with van der Waals surface area (Å²) in [5, 5.41) is 16.5. The third-order valence-electron chi connectivity index (χ3n) is 6.70. The second kappa shape index (κ2) is 9.95. The molecule has 3 heterocycles. The number of carbonyl (C=O) groups is 2. The molecule has 0 bridgehead atoms. The van der Waals surface area contributed by atoms with Gasteiger partial charge < -0.3 is 14.8 Å². The average Bonchev–Trinajstić information content (AvgIpc) is 3.62. The normalized spacial score (nSPS) is 11.2. The molecule has 0 fully saturated rings. The topological polar surface area (TPSA) is 83.7 Å². The van der Waals surface area contributed by atoms with Gasteiger partial charge in [-0.3, -0.25) is 4.79 Å². The van der Waals surface area contributed by atoms with Crippen molar-refractivity contribution in [3.63, 3.8) is 0 Å². The van der Waals surface area contributed by atoms with Crippen LogP contribution in [-0.2, 0) is 13.0 Å². The van der Waals surface area contributed by atoms with Crippen LogP contribution in [0.15, 0.2) is 103 Å². The molecular formula is C31H23N3O3S. The van der Waals surface area contributed by atoms with Gasteiger partial charge in [0, 0.05) is 41.6 Å². The number of nitrogens with zero attached hydrogens (tertiary/aromatic N) is 2. The van der Waals surface area contributed by atoms with Gasteiger partial charge in [-0.1, -0.05) is 54.6 Å². The van der Waals surface area contributed by atoms with Crippen LogP contribution in [0.5, 0.6) is 0 Å². The molecule has 6 aromatic rings. The maximum absolute atomic E-state index is 13.6. The summed E-state index contributed by atoms with van der Waals surface area (Å²) in [7, 11) is 0. The number of pyridine rings is 1. The van der Waals surface area contributed by atoms with Crippen LogP contribution in [0.1, 0.15) is 37.4 Å². The number of hydrogen-bond donors (Lipinski definition) is 2. The lowest BCUT2D eigenvalue weighted by molar-refractivity contribution is 0.0696. The van der Waals surface area contributed by atoms with Gasteiger partial charge in [-0.2, -0.15) is 0 Å². The minimum Gasteiger partial charge on any atom is -0.478 e. The molecule has 0 aliphatic heterocycles. The molecule has 3 aromatic carbocycles. The molecular weight excluding hydrogens is 494 g/mol. The van der Waals surface area contributed by atoms with Crippen LogP contribution >= 0.6 is 11.5 Å². The Kier molecular flexibility index (Phi) is 6.19. The van der Waals surface area contributed by atoms with Gasteiger partial charge in [-0.15, -0.1) is 0 Å². The molecule has 6 nitrogen and oxygen atoms in total. The molecule has 0 saturated heterocycles. The average molecular weight is 518 g/mol. The number of carboxylic acid groups (broad SMARTS) is 1. The van der Waals surface area contributed by atoms with E-state index in [1.165, 1.54) is 27.9 Å². The molecule has 3 aromatic heterocycles. The highest BCUT2D eigenvalue weighted by atomic mass is 32.1. The maximum atomic E-state index is 13.6. The van der Waals surface area contributed by atoms with E-state index >= 15 is 0 Å². The minimum atomic E-state index is -0.977. The van der Waals surface area contributed by atoms with Crippen molar-refractivity contribution in [2.75, 3.05) is 0 Å². The number of carboxylic acids is 1. The summed E-state index contributed by atoms with van der Waals surface area (Å²) in [5.74, 6) is -1.17. The zero-order valence-corrected chi connectivity index (χ0v) is 21.1. The molecule has 0 atom stereocenters. The van der Waals surface area contributed by atoms with Gasteiger partial charge >= 0.3 is 5.97 Å². The van der Waals surface area contributed by atoms with E-state index < -0.39 is 5.97 Å². The first-order valence-corrected chi connectivity index (χ1v) is 13.0. The summed E-state index contributed by atoms with van der Waals surface area (Å²) in [6.07, 6.45) is 6.52. The maximum Gasteiger partial charge on any atom is 0.335 e. The highest BCUT2D eigenvalue weighted by molar-refractivity contribution is 7.03. The molecule has 186 valence electrons. The van der Waals surface area contributed by atoms with E-state index in [0.29, 0.717) is 12.0 Å². The molecule has 2 N–H and O–H groups in total. The lowest BCUT2D eigenvalue weighted by Crippen LogP contribution is -2.23. The first-order valence-electron chi connectivity index (χ1n) is 12.2. The van der Waals surface area contributed by atoms with E-state index in [9.17, 15) is 9.59 Å². The predicted molar refractivity (Wildman–Crippen MR) is 150 cm³/mol. The van der Waals surface area contributed by atoms with E-state index in [1.54, 1.807) is 30.5 Å². The summed E-state index contributed by atoms with van der Waals surface area (Å²) >= 11 is 1.37. The molecule has 0 spiro atoms. The Morgan fingerprint density at radius 1 is 0.895 bits per heavy atom. The van der Waals surface area contributed by atoms with E-state index in [-0.39, 0.29) is 18.0 Å². The summed E-state index contributed by atoms with van der Waals surface area (Å²) in [4.78, 5) is 24.7. The van der Waals surface area contributed by atoms with Crippen LogP contribution in [-0.4, -0.2) is 25.8 Å². The Balaban J connectivity index is 1.35. The fraction of sp³-hybridized carbons (Fsp3) is 0.0645. The Morgan fingerprint density at radius 3 is 2.45 bits per heavy atom. The van der Waals surface area contributed by atoms with Gasteiger partial charge in [-0.05, 0) is 69.7 Å². The van der Waals surface area contributed by atoms with E-state index in [4.69, 9.17) is 5.11 Å². The Labute approximate surface area is 223 Å². The van der Waals surface area contributed by atoms with Crippen molar-refractivity contribution in [2.24, 2.45) is 0 Å². The molecule has 0 radical (unpaired) electrons. The Morgan fingerprint density at radius 2 is 1.68 bits per heavy atom. The SMILES string of the molecule is O=C(O)c1ccc(CNC(=O)c2cc(-c3cnsc3)cn3ccc(Cc4ccc5ccccc5c4)c23)cc1. The number of fused-ring (bicyclic) bond motifs is 2. The summed E-state index contributed by atoms with van der Waals surface area (Å²) < 4.78 is 6.24. The first-order chi connectivity index (χ1) is 18.5.